The van der Waals surface area contributed by atoms with Crippen molar-refractivity contribution in [3.8, 4) is 0 Å². The topological polar surface area (TPSA) is 75.5 Å². The Labute approximate surface area is 147 Å². The number of benzene rings is 2. The highest BCUT2D eigenvalue weighted by Crippen LogP contribution is 2.29. The molecule has 0 aliphatic rings. The van der Waals surface area contributed by atoms with Crippen LogP contribution in [0.25, 0.3) is 0 Å². The first kappa shape index (κ1) is 19.4. The van der Waals surface area contributed by atoms with E-state index in [0.29, 0.717) is 11.3 Å². The molecule has 0 spiro atoms. The number of nitro groups is 1. The van der Waals surface area contributed by atoms with Gasteiger partial charge in [-0.25, -0.2) is 0 Å². The Balaban J connectivity index is 1.91. The maximum atomic E-state index is 12.5. The van der Waals surface area contributed by atoms with Crippen molar-refractivity contribution in [2.24, 2.45) is 0 Å². The molecule has 0 saturated carbocycles. The molecule has 0 fully saturated rings. The molecule has 0 atom stereocenters. The zero-order valence-electron chi connectivity index (χ0n) is 13.8. The number of carbonyl (C=O) groups is 1. The van der Waals surface area contributed by atoms with E-state index >= 15 is 0 Å². The van der Waals surface area contributed by atoms with Gasteiger partial charge in [0.25, 0.3) is 5.69 Å². The van der Waals surface area contributed by atoms with Crippen molar-refractivity contribution < 1.29 is 22.9 Å². The standard InChI is InChI=1S/C17H16F3N3O3/c1-22(10-12-5-7-13(8-6-12)17(18,19)20)11-16(24)21-14-3-2-4-15(9-14)23(25)26/h2-9H,10-11H2,1H3,(H,21,24). The van der Waals surface area contributed by atoms with Crippen LogP contribution in [0.3, 0.4) is 0 Å². The van der Waals surface area contributed by atoms with Crippen molar-refractivity contribution >= 4 is 17.3 Å². The molecule has 0 radical (unpaired) electrons. The maximum absolute atomic E-state index is 12.5. The zero-order valence-corrected chi connectivity index (χ0v) is 13.8. The number of nitrogens with zero attached hydrogens (tertiary/aromatic N) is 2. The highest BCUT2D eigenvalue weighted by molar-refractivity contribution is 5.92. The van der Waals surface area contributed by atoms with Crippen LogP contribution < -0.4 is 5.32 Å². The molecule has 138 valence electrons. The summed E-state index contributed by atoms with van der Waals surface area (Å²) >= 11 is 0. The number of anilines is 1. The number of hydrogen-bond donors (Lipinski definition) is 1. The summed E-state index contributed by atoms with van der Waals surface area (Å²) in [6.45, 7) is 0.254. The predicted octanol–water partition coefficient (Wildman–Crippen LogP) is 3.68. The number of hydrogen-bond acceptors (Lipinski definition) is 4. The molecular formula is C17H16F3N3O3. The maximum Gasteiger partial charge on any atom is 0.416 e. The molecule has 0 aliphatic heterocycles. The van der Waals surface area contributed by atoms with Gasteiger partial charge in [0.05, 0.1) is 17.0 Å². The van der Waals surface area contributed by atoms with Crippen LogP contribution in [-0.2, 0) is 17.5 Å². The summed E-state index contributed by atoms with van der Waals surface area (Å²) in [5.41, 5.74) is 0.0593. The number of alkyl halides is 3. The molecule has 0 bridgehead atoms. The minimum absolute atomic E-state index is 0.0241. The van der Waals surface area contributed by atoms with Gasteiger partial charge in [-0.05, 0) is 30.8 Å². The average Bonchev–Trinajstić information content (AvgIpc) is 2.54. The number of nitro benzene ring substituents is 1. The summed E-state index contributed by atoms with van der Waals surface area (Å²) in [7, 11) is 1.64. The number of rotatable bonds is 6. The van der Waals surface area contributed by atoms with Crippen molar-refractivity contribution in [1.82, 2.24) is 4.90 Å². The lowest BCUT2D eigenvalue weighted by Crippen LogP contribution is -2.29. The van der Waals surface area contributed by atoms with Gasteiger partial charge in [0.15, 0.2) is 0 Å². The van der Waals surface area contributed by atoms with Gasteiger partial charge in [-0.15, -0.1) is 0 Å². The lowest BCUT2D eigenvalue weighted by atomic mass is 10.1. The quantitative estimate of drug-likeness (QED) is 0.624. The third kappa shape index (κ3) is 5.55. The fourth-order valence-electron chi connectivity index (χ4n) is 2.31. The summed E-state index contributed by atoms with van der Waals surface area (Å²) in [5.74, 6) is -0.389. The zero-order chi connectivity index (χ0) is 19.3. The average molecular weight is 367 g/mol. The first-order valence-electron chi connectivity index (χ1n) is 7.54. The van der Waals surface area contributed by atoms with E-state index in [4.69, 9.17) is 0 Å². The Kier molecular flexibility index (Phi) is 5.93. The van der Waals surface area contributed by atoms with E-state index < -0.39 is 16.7 Å². The number of likely N-dealkylation sites (N-methyl/N-ethyl adjacent to an activating group) is 1. The Morgan fingerprint density at radius 3 is 2.42 bits per heavy atom. The molecule has 1 N–H and O–H groups in total. The summed E-state index contributed by atoms with van der Waals surface area (Å²) in [5, 5.41) is 13.3. The van der Waals surface area contributed by atoms with E-state index in [1.54, 1.807) is 11.9 Å². The number of nitrogens with one attached hydrogen (secondary N) is 1. The second-order valence-electron chi connectivity index (χ2n) is 5.72. The second-order valence-corrected chi connectivity index (χ2v) is 5.72. The van der Waals surface area contributed by atoms with Gasteiger partial charge in [0.2, 0.25) is 5.91 Å². The van der Waals surface area contributed by atoms with Crippen LogP contribution in [-0.4, -0.2) is 29.3 Å². The first-order valence-corrected chi connectivity index (χ1v) is 7.54. The Hall–Kier alpha value is -2.94. The van der Waals surface area contributed by atoms with E-state index in [1.165, 1.54) is 36.4 Å². The smallest absolute Gasteiger partial charge is 0.325 e. The molecular weight excluding hydrogens is 351 g/mol. The lowest BCUT2D eigenvalue weighted by molar-refractivity contribution is -0.384. The van der Waals surface area contributed by atoms with Gasteiger partial charge in [0.1, 0.15) is 0 Å². The van der Waals surface area contributed by atoms with Crippen LogP contribution in [0.15, 0.2) is 48.5 Å². The van der Waals surface area contributed by atoms with Gasteiger partial charge < -0.3 is 5.32 Å². The fourth-order valence-corrected chi connectivity index (χ4v) is 2.31. The van der Waals surface area contributed by atoms with Crippen LogP contribution in [0.5, 0.6) is 0 Å². The summed E-state index contributed by atoms with van der Waals surface area (Å²) in [6.07, 6.45) is -4.39. The minimum Gasteiger partial charge on any atom is -0.325 e. The predicted molar refractivity (Wildman–Crippen MR) is 89.5 cm³/mol. The van der Waals surface area contributed by atoms with Gasteiger partial charge in [0, 0.05) is 24.4 Å². The normalized spacial score (nSPS) is 11.4. The molecule has 1 amide bonds. The molecule has 0 aliphatic carbocycles. The van der Waals surface area contributed by atoms with Crippen LogP contribution >= 0.6 is 0 Å². The molecule has 6 nitrogen and oxygen atoms in total. The van der Waals surface area contributed by atoms with E-state index in [2.05, 4.69) is 5.32 Å². The van der Waals surface area contributed by atoms with Crippen molar-refractivity contribution in [2.45, 2.75) is 12.7 Å². The molecule has 0 unspecified atom stereocenters. The fraction of sp³-hybridized carbons (Fsp3) is 0.235. The van der Waals surface area contributed by atoms with E-state index in [9.17, 15) is 28.1 Å². The van der Waals surface area contributed by atoms with Crippen LogP contribution in [0.1, 0.15) is 11.1 Å². The summed E-state index contributed by atoms with van der Waals surface area (Å²) in [4.78, 5) is 23.8. The van der Waals surface area contributed by atoms with E-state index in [0.717, 1.165) is 12.1 Å². The SMILES string of the molecule is CN(CC(=O)Nc1cccc([N+](=O)[O-])c1)Cc1ccc(C(F)(F)F)cc1. The van der Waals surface area contributed by atoms with Crippen LogP contribution in [0, 0.1) is 10.1 Å². The van der Waals surface area contributed by atoms with Crippen molar-refractivity contribution in [3.63, 3.8) is 0 Å². The molecule has 26 heavy (non-hydrogen) atoms. The summed E-state index contributed by atoms with van der Waals surface area (Å²) < 4.78 is 37.6. The first-order chi connectivity index (χ1) is 12.1. The van der Waals surface area contributed by atoms with Crippen molar-refractivity contribution in [1.29, 1.82) is 0 Å². The van der Waals surface area contributed by atoms with Crippen LogP contribution in [0.2, 0.25) is 0 Å². The molecule has 2 rings (SSSR count). The third-order valence-electron chi connectivity index (χ3n) is 3.49. The number of non-ortho nitro benzene ring substituents is 1. The molecule has 0 heterocycles. The number of carbonyl (C=O) groups excluding carboxylic acids is 1. The second kappa shape index (κ2) is 7.96. The van der Waals surface area contributed by atoms with Crippen molar-refractivity contribution in [3.05, 3.63) is 69.8 Å². The van der Waals surface area contributed by atoms with E-state index in [-0.39, 0.29) is 24.7 Å². The van der Waals surface area contributed by atoms with E-state index in [1.807, 2.05) is 0 Å². The monoisotopic (exact) mass is 367 g/mol. The largest absolute Gasteiger partial charge is 0.416 e. The summed E-state index contributed by atoms with van der Waals surface area (Å²) in [6, 6.07) is 10.2. The van der Waals surface area contributed by atoms with Crippen molar-refractivity contribution in [2.75, 3.05) is 18.9 Å². The van der Waals surface area contributed by atoms with Crippen LogP contribution in [0.4, 0.5) is 24.5 Å². The minimum atomic E-state index is -4.39. The molecule has 0 aromatic heterocycles. The van der Waals surface area contributed by atoms with Gasteiger partial charge >= 0.3 is 6.18 Å². The highest BCUT2D eigenvalue weighted by Gasteiger charge is 2.29. The molecule has 2 aromatic rings. The Bertz CT molecular complexity index is 792. The molecule has 0 saturated heterocycles. The molecule has 2 aromatic carbocycles. The Morgan fingerprint density at radius 2 is 1.85 bits per heavy atom. The van der Waals surface area contributed by atoms with Gasteiger partial charge in [-0.2, -0.15) is 13.2 Å². The van der Waals surface area contributed by atoms with Gasteiger partial charge in [-0.1, -0.05) is 18.2 Å². The number of halogens is 3. The molecule has 9 heteroatoms. The Morgan fingerprint density at radius 1 is 1.19 bits per heavy atom. The lowest BCUT2D eigenvalue weighted by Gasteiger charge is -2.17. The third-order valence-corrected chi connectivity index (χ3v) is 3.49. The highest BCUT2D eigenvalue weighted by atomic mass is 19.4. The number of amides is 1. The van der Waals surface area contributed by atoms with Gasteiger partial charge in [-0.3, -0.25) is 19.8 Å².